The Bertz CT molecular complexity index is 262. The quantitative estimate of drug-likeness (QED) is 0.708. The standard InChI is InChI=1S/C8H15N3OS/c1-6-7(9)11-13-8(6)10-4-3-5-12-2/h10H,3-5H2,1-2H3,(H2,9,11). The number of hydrogen-bond acceptors (Lipinski definition) is 5. The van der Waals surface area contributed by atoms with Crippen molar-refractivity contribution in [3.63, 3.8) is 0 Å². The fourth-order valence-electron chi connectivity index (χ4n) is 0.931. The van der Waals surface area contributed by atoms with Gasteiger partial charge in [-0.1, -0.05) is 0 Å². The Hall–Kier alpha value is -0.810. The molecule has 1 aromatic rings. The zero-order valence-electron chi connectivity index (χ0n) is 7.96. The third-order valence-electron chi connectivity index (χ3n) is 1.77. The maximum absolute atomic E-state index is 5.61. The van der Waals surface area contributed by atoms with Crippen LogP contribution in [0.25, 0.3) is 0 Å². The second-order valence-corrected chi connectivity index (χ2v) is 3.57. The van der Waals surface area contributed by atoms with Gasteiger partial charge >= 0.3 is 0 Å². The monoisotopic (exact) mass is 201 g/mol. The first kappa shape index (κ1) is 10.3. The topological polar surface area (TPSA) is 60.2 Å². The summed E-state index contributed by atoms with van der Waals surface area (Å²) in [5, 5.41) is 4.33. The molecule has 0 aliphatic heterocycles. The van der Waals surface area contributed by atoms with Crippen molar-refractivity contribution in [1.82, 2.24) is 4.37 Å². The Balaban J connectivity index is 2.32. The number of nitrogen functional groups attached to an aromatic ring is 1. The minimum absolute atomic E-state index is 0.624. The van der Waals surface area contributed by atoms with Crippen LogP contribution in [0.15, 0.2) is 0 Å². The van der Waals surface area contributed by atoms with Gasteiger partial charge in [0.05, 0.1) is 0 Å². The van der Waals surface area contributed by atoms with E-state index in [1.54, 1.807) is 7.11 Å². The molecule has 0 aromatic carbocycles. The fourth-order valence-corrected chi connectivity index (χ4v) is 1.67. The average molecular weight is 201 g/mol. The van der Waals surface area contributed by atoms with E-state index in [-0.39, 0.29) is 0 Å². The van der Waals surface area contributed by atoms with Gasteiger partial charge in [-0.15, -0.1) is 0 Å². The van der Waals surface area contributed by atoms with Crippen molar-refractivity contribution >= 4 is 22.4 Å². The van der Waals surface area contributed by atoms with Crippen LogP contribution < -0.4 is 11.1 Å². The molecule has 0 spiro atoms. The van der Waals surface area contributed by atoms with Crippen molar-refractivity contribution in [2.45, 2.75) is 13.3 Å². The molecule has 0 fully saturated rings. The lowest BCUT2D eigenvalue weighted by Gasteiger charge is -2.03. The van der Waals surface area contributed by atoms with E-state index < -0.39 is 0 Å². The fraction of sp³-hybridized carbons (Fsp3) is 0.625. The minimum atomic E-state index is 0.624. The van der Waals surface area contributed by atoms with Gasteiger partial charge in [0.15, 0.2) is 0 Å². The van der Waals surface area contributed by atoms with E-state index in [1.165, 1.54) is 11.5 Å². The van der Waals surface area contributed by atoms with Gasteiger partial charge in [0.2, 0.25) is 0 Å². The Morgan fingerprint density at radius 3 is 2.92 bits per heavy atom. The first-order chi connectivity index (χ1) is 6.25. The Morgan fingerprint density at radius 1 is 1.62 bits per heavy atom. The van der Waals surface area contributed by atoms with E-state index in [0.717, 1.165) is 30.1 Å². The largest absolute Gasteiger partial charge is 0.385 e. The lowest BCUT2D eigenvalue weighted by atomic mass is 10.3. The van der Waals surface area contributed by atoms with E-state index in [2.05, 4.69) is 9.69 Å². The molecule has 13 heavy (non-hydrogen) atoms. The van der Waals surface area contributed by atoms with Crippen molar-refractivity contribution in [1.29, 1.82) is 0 Å². The van der Waals surface area contributed by atoms with E-state index in [9.17, 15) is 0 Å². The molecule has 0 unspecified atom stereocenters. The summed E-state index contributed by atoms with van der Waals surface area (Å²) in [5.41, 5.74) is 6.65. The Kier molecular flexibility index (Phi) is 3.98. The number of hydrogen-bond donors (Lipinski definition) is 2. The number of nitrogens with one attached hydrogen (secondary N) is 1. The third-order valence-corrected chi connectivity index (χ3v) is 2.69. The van der Waals surface area contributed by atoms with Crippen LogP contribution in [0.1, 0.15) is 12.0 Å². The van der Waals surface area contributed by atoms with Crippen LogP contribution >= 0.6 is 11.5 Å². The van der Waals surface area contributed by atoms with Gasteiger partial charge in [0.1, 0.15) is 10.8 Å². The lowest BCUT2D eigenvalue weighted by Crippen LogP contribution is -2.04. The van der Waals surface area contributed by atoms with E-state index in [0.29, 0.717) is 5.82 Å². The molecule has 0 aliphatic carbocycles. The molecule has 74 valence electrons. The number of ether oxygens (including phenoxy) is 1. The summed E-state index contributed by atoms with van der Waals surface area (Å²) >= 11 is 1.41. The summed E-state index contributed by atoms with van der Waals surface area (Å²) in [7, 11) is 1.70. The van der Waals surface area contributed by atoms with Gasteiger partial charge in [-0.3, -0.25) is 0 Å². The zero-order valence-corrected chi connectivity index (χ0v) is 8.78. The Morgan fingerprint density at radius 2 is 2.38 bits per heavy atom. The van der Waals surface area contributed by atoms with E-state index in [1.807, 2.05) is 6.92 Å². The summed E-state index contributed by atoms with van der Waals surface area (Å²) in [6, 6.07) is 0. The van der Waals surface area contributed by atoms with Crippen LogP contribution in [0, 0.1) is 6.92 Å². The third kappa shape index (κ3) is 2.86. The van der Waals surface area contributed by atoms with Gasteiger partial charge in [-0.25, -0.2) is 0 Å². The highest BCUT2D eigenvalue weighted by molar-refractivity contribution is 7.10. The molecule has 0 saturated heterocycles. The smallest absolute Gasteiger partial charge is 0.142 e. The van der Waals surface area contributed by atoms with Crippen molar-refractivity contribution in [2.24, 2.45) is 0 Å². The van der Waals surface area contributed by atoms with Crippen molar-refractivity contribution in [3.05, 3.63) is 5.56 Å². The second kappa shape index (κ2) is 5.04. The van der Waals surface area contributed by atoms with Crippen LogP contribution in [0.4, 0.5) is 10.8 Å². The second-order valence-electron chi connectivity index (χ2n) is 2.80. The summed E-state index contributed by atoms with van der Waals surface area (Å²) in [4.78, 5) is 0. The predicted molar refractivity (Wildman–Crippen MR) is 56.2 cm³/mol. The number of rotatable bonds is 5. The summed E-state index contributed by atoms with van der Waals surface area (Å²) in [6.07, 6.45) is 0.994. The highest BCUT2D eigenvalue weighted by atomic mass is 32.1. The van der Waals surface area contributed by atoms with Crippen LogP contribution in [-0.2, 0) is 4.74 Å². The van der Waals surface area contributed by atoms with E-state index in [4.69, 9.17) is 10.5 Å². The van der Waals surface area contributed by atoms with Crippen LogP contribution in [-0.4, -0.2) is 24.6 Å². The van der Waals surface area contributed by atoms with Crippen LogP contribution in [0.5, 0.6) is 0 Å². The molecule has 1 rings (SSSR count). The maximum Gasteiger partial charge on any atom is 0.142 e. The normalized spacial score (nSPS) is 10.3. The summed E-state index contributed by atoms with van der Waals surface area (Å²) in [6.45, 7) is 3.65. The molecule has 0 aliphatic rings. The minimum Gasteiger partial charge on any atom is -0.385 e. The maximum atomic E-state index is 5.61. The van der Waals surface area contributed by atoms with Gasteiger partial charge in [-0.05, 0) is 24.9 Å². The van der Waals surface area contributed by atoms with Gasteiger partial charge in [-0.2, -0.15) is 4.37 Å². The molecule has 1 aromatic heterocycles. The molecular weight excluding hydrogens is 186 g/mol. The number of anilines is 2. The predicted octanol–water partition coefficient (Wildman–Crippen LogP) is 1.48. The van der Waals surface area contributed by atoms with Gasteiger partial charge < -0.3 is 15.8 Å². The van der Waals surface area contributed by atoms with Gasteiger partial charge in [0.25, 0.3) is 0 Å². The highest BCUT2D eigenvalue weighted by Crippen LogP contribution is 2.24. The number of nitrogens with zero attached hydrogens (tertiary/aromatic N) is 1. The molecule has 4 nitrogen and oxygen atoms in total. The molecule has 0 atom stereocenters. The van der Waals surface area contributed by atoms with Gasteiger partial charge in [0, 0.05) is 25.8 Å². The molecule has 0 amide bonds. The number of methoxy groups -OCH3 is 1. The summed E-state index contributed by atoms with van der Waals surface area (Å²) < 4.78 is 8.98. The van der Waals surface area contributed by atoms with Crippen molar-refractivity contribution in [2.75, 3.05) is 31.3 Å². The molecule has 5 heteroatoms. The molecule has 0 saturated carbocycles. The highest BCUT2D eigenvalue weighted by Gasteiger charge is 2.04. The van der Waals surface area contributed by atoms with E-state index >= 15 is 0 Å². The molecule has 0 radical (unpaired) electrons. The average Bonchev–Trinajstić information content (AvgIpc) is 2.43. The first-order valence-electron chi connectivity index (χ1n) is 4.20. The molecule has 1 heterocycles. The SMILES string of the molecule is COCCCNc1snc(N)c1C. The molecule has 3 N–H and O–H groups in total. The number of aromatic nitrogens is 1. The van der Waals surface area contributed by atoms with Crippen LogP contribution in [0.3, 0.4) is 0 Å². The first-order valence-corrected chi connectivity index (χ1v) is 4.97. The molecule has 0 bridgehead atoms. The Labute approximate surface area is 82.3 Å². The number of nitrogens with two attached hydrogens (primary N) is 1. The van der Waals surface area contributed by atoms with Crippen LogP contribution in [0.2, 0.25) is 0 Å². The van der Waals surface area contributed by atoms with Crippen molar-refractivity contribution in [3.8, 4) is 0 Å². The summed E-state index contributed by atoms with van der Waals surface area (Å²) in [5.74, 6) is 0.624. The molecular formula is C8H15N3OS. The lowest BCUT2D eigenvalue weighted by molar-refractivity contribution is 0.198. The van der Waals surface area contributed by atoms with Crippen molar-refractivity contribution < 1.29 is 4.74 Å². The zero-order chi connectivity index (χ0) is 9.68.